The van der Waals surface area contributed by atoms with Gasteiger partial charge in [-0.15, -0.1) is 0 Å². The monoisotopic (exact) mass is 389 g/mol. The van der Waals surface area contributed by atoms with Gasteiger partial charge in [-0.25, -0.2) is 8.42 Å². The maximum atomic E-state index is 12.3. The fraction of sp³-hybridized carbons (Fsp3) is 0.267. The highest BCUT2D eigenvalue weighted by molar-refractivity contribution is 7.92. The molecule has 1 aromatic heterocycles. The lowest BCUT2D eigenvalue weighted by atomic mass is 10.1. The number of carbonyl (C=O) groups excluding carboxylic acids is 1. The summed E-state index contributed by atoms with van der Waals surface area (Å²) in [6.45, 7) is 1.82. The Morgan fingerprint density at radius 1 is 1.21 bits per heavy atom. The van der Waals surface area contributed by atoms with Crippen LogP contribution in [0, 0.1) is 0 Å². The van der Waals surface area contributed by atoms with Crippen molar-refractivity contribution in [3.63, 3.8) is 0 Å². The molecule has 1 atom stereocenters. The van der Waals surface area contributed by atoms with Crippen molar-refractivity contribution in [2.24, 2.45) is 7.05 Å². The first-order valence-electron chi connectivity index (χ1n) is 6.98. The van der Waals surface area contributed by atoms with E-state index in [0.717, 1.165) is 11.8 Å². The van der Waals surface area contributed by atoms with Crippen molar-refractivity contribution < 1.29 is 13.2 Å². The summed E-state index contributed by atoms with van der Waals surface area (Å²) in [7, 11) is -1.67. The Bertz CT molecular complexity index is 861. The van der Waals surface area contributed by atoms with Crippen molar-refractivity contribution >= 4 is 44.8 Å². The number of amides is 1. The first kappa shape index (κ1) is 18.6. The van der Waals surface area contributed by atoms with Crippen LogP contribution in [0.15, 0.2) is 30.3 Å². The fourth-order valence-corrected chi connectivity index (χ4v) is 3.11. The van der Waals surface area contributed by atoms with Gasteiger partial charge in [0.15, 0.2) is 0 Å². The SMILES string of the molecule is C[C@@H](NC(=O)c1cc(Cl)c(Cl)n1C)c1ccc(NS(C)(=O)=O)cc1. The van der Waals surface area contributed by atoms with Gasteiger partial charge in [0.2, 0.25) is 10.0 Å². The lowest BCUT2D eigenvalue weighted by Crippen LogP contribution is -2.28. The van der Waals surface area contributed by atoms with Gasteiger partial charge in [0, 0.05) is 12.7 Å². The molecule has 0 fully saturated rings. The molecule has 9 heteroatoms. The molecule has 0 bridgehead atoms. The van der Waals surface area contributed by atoms with Gasteiger partial charge in [-0.2, -0.15) is 0 Å². The maximum Gasteiger partial charge on any atom is 0.268 e. The van der Waals surface area contributed by atoms with Crippen molar-refractivity contribution in [2.45, 2.75) is 13.0 Å². The number of hydrogen-bond donors (Lipinski definition) is 2. The van der Waals surface area contributed by atoms with E-state index in [4.69, 9.17) is 23.2 Å². The zero-order valence-electron chi connectivity index (χ0n) is 13.3. The molecular formula is C15H17Cl2N3O3S. The van der Waals surface area contributed by atoms with Crippen molar-refractivity contribution in [1.82, 2.24) is 9.88 Å². The number of rotatable bonds is 5. The summed E-state index contributed by atoms with van der Waals surface area (Å²) in [6.07, 6.45) is 1.08. The summed E-state index contributed by atoms with van der Waals surface area (Å²) < 4.78 is 26.3. The summed E-state index contributed by atoms with van der Waals surface area (Å²) in [5, 5.41) is 3.46. The second-order valence-electron chi connectivity index (χ2n) is 5.42. The summed E-state index contributed by atoms with van der Waals surface area (Å²) >= 11 is 11.9. The van der Waals surface area contributed by atoms with Crippen molar-refractivity contribution in [3.05, 3.63) is 51.8 Å². The first-order valence-corrected chi connectivity index (χ1v) is 9.62. The summed E-state index contributed by atoms with van der Waals surface area (Å²) in [4.78, 5) is 12.3. The number of nitrogens with zero attached hydrogens (tertiary/aromatic N) is 1. The molecule has 1 aromatic carbocycles. The first-order chi connectivity index (χ1) is 11.1. The summed E-state index contributed by atoms with van der Waals surface area (Å²) in [6, 6.07) is 7.97. The molecule has 24 heavy (non-hydrogen) atoms. The number of carbonyl (C=O) groups is 1. The van der Waals surface area contributed by atoms with Crippen LogP contribution in [0.1, 0.15) is 29.0 Å². The Morgan fingerprint density at radius 3 is 2.25 bits per heavy atom. The van der Waals surface area contributed by atoms with E-state index in [-0.39, 0.29) is 11.9 Å². The molecule has 1 heterocycles. The maximum absolute atomic E-state index is 12.3. The van der Waals surface area contributed by atoms with E-state index in [1.54, 1.807) is 31.3 Å². The Hall–Kier alpha value is -1.70. The minimum atomic E-state index is -3.32. The topological polar surface area (TPSA) is 80.2 Å². The van der Waals surface area contributed by atoms with E-state index in [2.05, 4.69) is 10.0 Å². The third-order valence-corrected chi connectivity index (χ3v) is 4.86. The van der Waals surface area contributed by atoms with Gasteiger partial charge in [0.1, 0.15) is 10.8 Å². The van der Waals surface area contributed by atoms with E-state index in [1.807, 2.05) is 6.92 Å². The van der Waals surface area contributed by atoms with E-state index in [9.17, 15) is 13.2 Å². The Balaban J connectivity index is 2.10. The molecule has 0 aliphatic rings. The molecule has 0 unspecified atom stereocenters. The number of anilines is 1. The number of hydrogen-bond acceptors (Lipinski definition) is 3. The van der Waals surface area contributed by atoms with Crippen LogP contribution < -0.4 is 10.0 Å². The summed E-state index contributed by atoms with van der Waals surface area (Å²) in [5.41, 5.74) is 1.64. The number of aromatic nitrogens is 1. The standard InChI is InChI=1S/C15H17Cl2N3O3S/c1-9(10-4-6-11(7-5-10)19-24(3,22)23)18-15(21)13-8-12(16)14(17)20(13)2/h4-9,19H,1-3H3,(H,18,21)/t9-/m1/s1. The Labute approximate surface area is 150 Å². The lowest BCUT2D eigenvalue weighted by molar-refractivity contribution is 0.0931. The third kappa shape index (κ3) is 4.43. The number of sulfonamides is 1. The van der Waals surface area contributed by atoms with E-state index >= 15 is 0 Å². The summed E-state index contributed by atoms with van der Waals surface area (Å²) in [5.74, 6) is -0.308. The van der Waals surface area contributed by atoms with Crippen LogP contribution in [0.25, 0.3) is 0 Å². The third-order valence-electron chi connectivity index (χ3n) is 3.41. The molecule has 0 saturated carbocycles. The zero-order valence-corrected chi connectivity index (χ0v) is 15.6. The minimum Gasteiger partial charge on any atom is -0.344 e. The van der Waals surface area contributed by atoms with Gasteiger partial charge in [0.25, 0.3) is 5.91 Å². The molecule has 0 saturated heterocycles. The second kappa shape index (κ2) is 7.04. The normalized spacial score (nSPS) is 12.7. The molecule has 1 amide bonds. The largest absolute Gasteiger partial charge is 0.344 e. The predicted molar refractivity (Wildman–Crippen MR) is 96.2 cm³/mol. The Kier molecular flexibility index (Phi) is 5.47. The van der Waals surface area contributed by atoms with E-state index in [1.165, 1.54) is 10.6 Å². The Morgan fingerprint density at radius 2 is 1.79 bits per heavy atom. The molecule has 0 aliphatic heterocycles. The van der Waals surface area contributed by atoms with Crippen LogP contribution in [0.4, 0.5) is 5.69 Å². The molecule has 0 aliphatic carbocycles. The highest BCUT2D eigenvalue weighted by Crippen LogP contribution is 2.25. The minimum absolute atomic E-state index is 0.280. The van der Waals surface area contributed by atoms with Crippen molar-refractivity contribution in [1.29, 1.82) is 0 Å². The predicted octanol–water partition coefficient (Wildman–Crippen LogP) is 3.19. The van der Waals surface area contributed by atoms with E-state index < -0.39 is 10.0 Å². The van der Waals surface area contributed by atoms with Crippen LogP contribution >= 0.6 is 23.2 Å². The van der Waals surface area contributed by atoms with Gasteiger partial charge in [-0.1, -0.05) is 35.3 Å². The number of nitrogens with one attached hydrogen (secondary N) is 2. The van der Waals surface area contributed by atoms with Crippen LogP contribution in [0.5, 0.6) is 0 Å². The van der Waals surface area contributed by atoms with E-state index in [0.29, 0.717) is 21.6 Å². The van der Waals surface area contributed by atoms with Crippen LogP contribution in [0.2, 0.25) is 10.2 Å². The molecular weight excluding hydrogens is 373 g/mol. The highest BCUT2D eigenvalue weighted by atomic mass is 35.5. The molecule has 2 aromatic rings. The fourth-order valence-electron chi connectivity index (χ4n) is 2.17. The molecule has 0 spiro atoms. The molecule has 0 radical (unpaired) electrons. The molecule has 2 N–H and O–H groups in total. The van der Waals surface area contributed by atoms with Gasteiger partial charge in [-0.05, 0) is 30.7 Å². The quantitative estimate of drug-likeness (QED) is 0.823. The average Bonchev–Trinajstić information content (AvgIpc) is 2.74. The molecule has 130 valence electrons. The van der Waals surface area contributed by atoms with Crippen LogP contribution in [-0.2, 0) is 17.1 Å². The average molecular weight is 390 g/mol. The van der Waals surface area contributed by atoms with Gasteiger partial charge >= 0.3 is 0 Å². The van der Waals surface area contributed by atoms with Crippen molar-refractivity contribution in [2.75, 3.05) is 11.0 Å². The van der Waals surface area contributed by atoms with Crippen LogP contribution in [-0.4, -0.2) is 25.1 Å². The van der Waals surface area contributed by atoms with Gasteiger partial charge in [0.05, 0.1) is 17.3 Å². The molecule has 6 nitrogen and oxygen atoms in total. The number of benzene rings is 1. The number of halogens is 2. The zero-order chi connectivity index (χ0) is 18.1. The second-order valence-corrected chi connectivity index (χ2v) is 7.93. The van der Waals surface area contributed by atoms with Crippen molar-refractivity contribution in [3.8, 4) is 0 Å². The van der Waals surface area contributed by atoms with Gasteiger partial charge in [-0.3, -0.25) is 9.52 Å². The van der Waals surface area contributed by atoms with Crippen LogP contribution in [0.3, 0.4) is 0 Å². The smallest absolute Gasteiger partial charge is 0.268 e. The highest BCUT2D eigenvalue weighted by Gasteiger charge is 2.18. The molecule has 2 rings (SSSR count). The van der Waals surface area contributed by atoms with Gasteiger partial charge < -0.3 is 9.88 Å². The lowest BCUT2D eigenvalue weighted by Gasteiger charge is -2.15.